The first-order chi connectivity index (χ1) is 17.3. The molecule has 0 N–H and O–H groups in total. The van der Waals surface area contributed by atoms with Crippen LogP contribution in [0.4, 0.5) is 5.82 Å². The lowest BCUT2D eigenvalue weighted by molar-refractivity contribution is -0.137. The molecule has 36 heavy (non-hydrogen) atoms. The fourth-order valence-electron chi connectivity index (χ4n) is 4.87. The van der Waals surface area contributed by atoms with Crippen LogP contribution in [0.1, 0.15) is 61.9 Å². The summed E-state index contributed by atoms with van der Waals surface area (Å²) in [6.45, 7) is 7.74. The standard InChI is InChI=1S/C28H34N6O2/c1-19(2)17-21-5-7-22(8-6-21)20(3)28(36)34-16-12-24-26(30-18-31-27(24)34)32(4)14-10-23-11-15-33(23)25(35)9-13-29/h5-8,12,16,18-20,23H,9-11,14-15,17H2,1-4H3. The molecule has 1 saturated heterocycles. The maximum absolute atomic E-state index is 13.4. The lowest BCUT2D eigenvalue weighted by Crippen LogP contribution is -2.52. The highest BCUT2D eigenvalue weighted by atomic mass is 16.2. The average Bonchev–Trinajstić information content (AvgIpc) is 3.27. The predicted octanol–water partition coefficient (Wildman–Crippen LogP) is 4.41. The van der Waals surface area contributed by atoms with E-state index < -0.39 is 0 Å². The summed E-state index contributed by atoms with van der Waals surface area (Å²) in [6, 6.07) is 12.3. The Labute approximate surface area is 212 Å². The normalized spacial score (nSPS) is 16.0. The third kappa shape index (κ3) is 5.25. The van der Waals surface area contributed by atoms with Crippen molar-refractivity contribution >= 4 is 28.7 Å². The maximum Gasteiger partial charge on any atom is 0.239 e. The van der Waals surface area contributed by atoms with Gasteiger partial charge in [0.2, 0.25) is 11.8 Å². The summed E-state index contributed by atoms with van der Waals surface area (Å²) in [4.78, 5) is 38.2. The highest BCUT2D eigenvalue weighted by Gasteiger charge is 2.31. The first kappa shape index (κ1) is 25.4. The van der Waals surface area contributed by atoms with Gasteiger partial charge in [-0.05, 0) is 49.3 Å². The van der Waals surface area contributed by atoms with Crippen molar-refractivity contribution < 1.29 is 9.59 Å². The highest BCUT2D eigenvalue weighted by molar-refractivity contribution is 5.97. The van der Waals surface area contributed by atoms with Gasteiger partial charge in [-0.1, -0.05) is 38.1 Å². The first-order valence-electron chi connectivity index (χ1n) is 12.6. The Bertz CT molecular complexity index is 1270. The van der Waals surface area contributed by atoms with E-state index in [2.05, 4.69) is 35.9 Å². The molecule has 3 heterocycles. The van der Waals surface area contributed by atoms with Crippen LogP contribution in [0.25, 0.3) is 11.0 Å². The smallest absolute Gasteiger partial charge is 0.239 e. The second kappa shape index (κ2) is 10.9. The van der Waals surface area contributed by atoms with Crippen LogP contribution in [0.2, 0.25) is 0 Å². The lowest BCUT2D eigenvalue weighted by atomic mass is 9.96. The van der Waals surface area contributed by atoms with Gasteiger partial charge in [-0.15, -0.1) is 0 Å². The molecule has 0 saturated carbocycles. The monoisotopic (exact) mass is 486 g/mol. The first-order valence-corrected chi connectivity index (χ1v) is 12.6. The van der Waals surface area contributed by atoms with Crippen molar-refractivity contribution in [3.8, 4) is 6.07 Å². The van der Waals surface area contributed by atoms with Crippen LogP contribution in [-0.4, -0.2) is 57.4 Å². The topological polar surface area (TPSA) is 95.1 Å². The highest BCUT2D eigenvalue weighted by Crippen LogP contribution is 2.28. The van der Waals surface area contributed by atoms with E-state index in [1.807, 2.05) is 43.1 Å². The van der Waals surface area contributed by atoms with E-state index in [4.69, 9.17) is 5.26 Å². The minimum absolute atomic E-state index is 0.0324. The molecule has 1 aromatic carbocycles. The van der Waals surface area contributed by atoms with Crippen LogP contribution in [0.3, 0.4) is 0 Å². The van der Waals surface area contributed by atoms with Crippen LogP contribution in [0.5, 0.6) is 0 Å². The van der Waals surface area contributed by atoms with Crippen molar-refractivity contribution in [2.75, 3.05) is 25.0 Å². The van der Waals surface area contributed by atoms with E-state index in [0.29, 0.717) is 18.1 Å². The molecule has 8 nitrogen and oxygen atoms in total. The number of carbonyl (C=O) groups is 2. The van der Waals surface area contributed by atoms with Gasteiger partial charge in [0.25, 0.3) is 0 Å². The number of hydrogen-bond acceptors (Lipinski definition) is 6. The third-order valence-electron chi connectivity index (χ3n) is 7.05. The van der Waals surface area contributed by atoms with E-state index in [1.54, 1.807) is 15.7 Å². The molecule has 188 valence electrons. The van der Waals surface area contributed by atoms with Gasteiger partial charge in [-0.2, -0.15) is 5.26 Å². The number of amides is 1. The summed E-state index contributed by atoms with van der Waals surface area (Å²) in [5.74, 6) is 0.911. The fourth-order valence-corrected chi connectivity index (χ4v) is 4.87. The Morgan fingerprint density at radius 1 is 1.17 bits per heavy atom. The molecule has 8 heteroatoms. The molecule has 0 radical (unpaired) electrons. The zero-order valence-electron chi connectivity index (χ0n) is 21.5. The number of anilines is 1. The Kier molecular flexibility index (Phi) is 7.68. The molecule has 4 rings (SSSR count). The molecule has 2 unspecified atom stereocenters. The molecule has 1 amide bonds. The van der Waals surface area contributed by atoms with Gasteiger partial charge < -0.3 is 9.80 Å². The predicted molar refractivity (Wildman–Crippen MR) is 140 cm³/mol. The van der Waals surface area contributed by atoms with E-state index in [1.165, 1.54) is 11.9 Å². The average molecular weight is 487 g/mol. The van der Waals surface area contributed by atoms with Crippen molar-refractivity contribution in [2.45, 2.75) is 58.4 Å². The zero-order valence-corrected chi connectivity index (χ0v) is 21.5. The second-order valence-electron chi connectivity index (χ2n) is 10.1. The number of hydrogen-bond donors (Lipinski definition) is 0. The van der Waals surface area contributed by atoms with Crippen LogP contribution in [-0.2, 0) is 11.2 Å². The molecule has 0 spiro atoms. The van der Waals surface area contributed by atoms with Crippen LogP contribution < -0.4 is 4.90 Å². The fraction of sp³-hybridized carbons (Fsp3) is 0.464. The van der Waals surface area contributed by atoms with Gasteiger partial charge in [-0.25, -0.2) is 9.97 Å². The molecular formula is C28H34N6O2. The third-order valence-corrected chi connectivity index (χ3v) is 7.05. The van der Waals surface area contributed by atoms with Gasteiger partial charge in [-0.3, -0.25) is 14.2 Å². The number of fused-ring (bicyclic) bond motifs is 1. The molecule has 1 fully saturated rings. The number of aromatic nitrogens is 3. The molecule has 1 aliphatic heterocycles. The summed E-state index contributed by atoms with van der Waals surface area (Å²) in [7, 11) is 1.96. The Balaban J connectivity index is 1.46. The molecule has 2 aromatic heterocycles. The van der Waals surface area contributed by atoms with E-state index in [0.717, 1.165) is 42.6 Å². The molecular weight excluding hydrogens is 452 g/mol. The van der Waals surface area contributed by atoms with Crippen LogP contribution in [0, 0.1) is 17.2 Å². The Morgan fingerprint density at radius 3 is 2.56 bits per heavy atom. The van der Waals surface area contributed by atoms with Crippen LogP contribution >= 0.6 is 0 Å². The lowest BCUT2D eigenvalue weighted by Gasteiger charge is -2.41. The van der Waals surface area contributed by atoms with Gasteiger partial charge in [0.15, 0.2) is 5.65 Å². The van der Waals surface area contributed by atoms with Crippen molar-refractivity contribution in [1.82, 2.24) is 19.4 Å². The number of carbonyl (C=O) groups excluding carboxylic acids is 2. The molecule has 3 aromatic rings. The number of likely N-dealkylation sites (tertiary alicyclic amines) is 1. The van der Waals surface area contributed by atoms with Gasteiger partial charge in [0, 0.05) is 32.4 Å². The van der Waals surface area contributed by atoms with Crippen LogP contribution in [0.15, 0.2) is 42.9 Å². The van der Waals surface area contributed by atoms with Crippen molar-refractivity contribution in [1.29, 1.82) is 5.26 Å². The van der Waals surface area contributed by atoms with Crippen molar-refractivity contribution in [2.24, 2.45) is 5.92 Å². The molecule has 1 aliphatic rings. The summed E-state index contributed by atoms with van der Waals surface area (Å²) < 4.78 is 1.62. The molecule has 0 bridgehead atoms. The quantitative estimate of drug-likeness (QED) is 0.444. The van der Waals surface area contributed by atoms with E-state index >= 15 is 0 Å². The Hall–Kier alpha value is -3.73. The van der Waals surface area contributed by atoms with Gasteiger partial charge in [0.1, 0.15) is 18.6 Å². The van der Waals surface area contributed by atoms with Crippen molar-refractivity contribution in [3.63, 3.8) is 0 Å². The van der Waals surface area contributed by atoms with E-state index in [9.17, 15) is 9.59 Å². The summed E-state index contributed by atoms with van der Waals surface area (Å²) in [6.07, 6.45) is 5.97. The molecule has 2 atom stereocenters. The zero-order chi connectivity index (χ0) is 25.8. The second-order valence-corrected chi connectivity index (χ2v) is 10.1. The summed E-state index contributed by atoms with van der Waals surface area (Å²) in [5, 5.41) is 9.61. The largest absolute Gasteiger partial charge is 0.359 e. The summed E-state index contributed by atoms with van der Waals surface area (Å²) >= 11 is 0. The maximum atomic E-state index is 13.4. The van der Waals surface area contributed by atoms with Gasteiger partial charge in [0.05, 0.1) is 17.4 Å². The minimum atomic E-state index is -0.305. The van der Waals surface area contributed by atoms with E-state index in [-0.39, 0.29) is 30.2 Å². The minimum Gasteiger partial charge on any atom is -0.359 e. The number of nitrogens with zero attached hydrogens (tertiary/aromatic N) is 6. The van der Waals surface area contributed by atoms with Gasteiger partial charge >= 0.3 is 0 Å². The molecule has 0 aliphatic carbocycles. The SMILES string of the molecule is CC(C)Cc1ccc(C(C)C(=O)n2ccc3c(N(C)CCC4CCN4C(=O)CC#N)ncnc32)cc1. The number of nitriles is 1. The summed E-state index contributed by atoms with van der Waals surface area (Å²) in [5.41, 5.74) is 2.85. The van der Waals surface area contributed by atoms with Crippen molar-refractivity contribution in [3.05, 3.63) is 54.0 Å². The number of rotatable bonds is 9. The number of benzene rings is 1. The Morgan fingerprint density at radius 2 is 1.92 bits per heavy atom.